The van der Waals surface area contributed by atoms with Crippen LogP contribution < -0.4 is 0 Å². The molecule has 0 spiro atoms. The summed E-state index contributed by atoms with van der Waals surface area (Å²) in [5.74, 6) is -2.88. The molecule has 0 unspecified atom stereocenters. The van der Waals surface area contributed by atoms with Gasteiger partial charge in [0.25, 0.3) is 0 Å². The number of rotatable bonds is 1. The molecule has 0 aromatic heterocycles. The average molecular weight is 233 g/mol. The zero-order valence-electron chi connectivity index (χ0n) is 8.55. The average Bonchev–Trinajstić information content (AvgIpc) is 2.32. The van der Waals surface area contributed by atoms with Crippen molar-refractivity contribution in [2.45, 2.75) is 0 Å². The highest BCUT2D eigenvalue weighted by Gasteiger charge is 2.15. The molecule has 2 rings (SSSR count). The zero-order chi connectivity index (χ0) is 12.4. The van der Waals surface area contributed by atoms with Gasteiger partial charge in [-0.05, 0) is 12.1 Å². The van der Waals surface area contributed by atoms with Crippen LogP contribution in [0.25, 0.3) is 11.1 Å². The van der Waals surface area contributed by atoms with E-state index < -0.39 is 17.5 Å². The summed E-state index contributed by atoms with van der Waals surface area (Å²) < 4.78 is 39.9. The molecule has 84 valence electrons. The molecule has 0 fully saturated rings. The van der Waals surface area contributed by atoms with Crippen molar-refractivity contribution in [2.75, 3.05) is 0 Å². The molecular formula is C13H6F3N. The highest BCUT2D eigenvalue weighted by molar-refractivity contribution is 5.71. The summed E-state index contributed by atoms with van der Waals surface area (Å²) in [4.78, 5) is 0. The maximum absolute atomic E-state index is 13.5. The van der Waals surface area contributed by atoms with E-state index in [1.807, 2.05) is 0 Å². The smallest absolute Gasteiger partial charge is 0.166 e. The molecule has 0 bridgehead atoms. The summed E-state index contributed by atoms with van der Waals surface area (Å²) in [7, 11) is 0. The lowest BCUT2D eigenvalue weighted by atomic mass is 9.99. The molecule has 0 saturated heterocycles. The minimum atomic E-state index is -1.09. The summed E-state index contributed by atoms with van der Waals surface area (Å²) in [6.07, 6.45) is 0. The Labute approximate surface area is 95.7 Å². The molecule has 0 aliphatic carbocycles. The maximum Gasteiger partial charge on any atom is 0.166 e. The minimum absolute atomic E-state index is 0.0458. The lowest BCUT2D eigenvalue weighted by Gasteiger charge is -2.06. The first-order valence-corrected chi connectivity index (χ1v) is 4.78. The van der Waals surface area contributed by atoms with Crippen LogP contribution in [0.1, 0.15) is 5.56 Å². The van der Waals surface area contributed by atoms with Crippen LogP contribution in [0.5, 0.6) is 0 Å². The number of hydrogen-bond donors (Lipinski definition) is 0. The molecule has 0 aliphatic rings. The van der Waals surface area contributed by atoms with Crippen LogP contribution in [0.15, 0.2) is 36.4 Å². The van der Waals surface area contributed by atoms with Crippen LogP contribution in [0, 0.1) is 28.8 Å². The predicted octanol–water partition coefficient (Wildman–Crippen LogP) is 3.64. The van der Waals surface area contributed by atoms with Crippen molar-refractivity contribution in [3.63, 3.8) is 0 Å². The van der Waals surface area contributed by atoms with Gasteiger partial charge in [0.05, 0.1) is 5.56 Å². The summed E-state index contributed by atoms with van der Waals surface area (Å²) in [5.41, 5.74) is -0.373. The lowest BCUT2D eigenvalue weighted by molar-refractivity contribution is 0.511. The van der Waals surface area contributed by atoms with E-state index in [1.54, 1.807) is 6.07 Å². The fraction of sp³-hybridized carbons (Fsp3) is 0. The molecule has 0 N–H and O–H groups in total. The van der Waals surface area contributed by atoms with Crippen molar-refractivity contribution in [2.24, 2.45) is 0 Å². The third-order valence-corrected chi connectivity index (χ3v) is 2.37. The van der Waals surface area contributed by atoms with Gasteiger partial charge >= 0.3 is 0 Å². The van der Waals surface area contributed by atoms with Crippen molar-refractivity contribution < 1.29 is 13.2 Å². The Kier molecular flexibility index (Phi) is 2.84. The quantitative estimate of drug-likeness (QED) is 0.737. The molecular weight excluding hydrogens is 227 g/mol. The van der Waals surface area contributed by atoms with Gasteiger partial charge in [-0.2, -0.15) is 5.26 Å². The fourth-order valence-corrected chi connectivity index (χ4v) is 1.57. The van der Waals surface area contributed by atoms with E-state index in [0.29, 0.717) is 0 Å². The molecule has 2 aromatic rings. The minimum Gasteiger partial charge on any atom is -0.206 e. The van der Waals surface area contributed by atoms with Crippen molar-refractivity contribution in [1.82, 2.24) is 0 Å². The van der Waals surface area contributed by atoms with Gasteiger partial charge in [-0.15, -0.1) is 0 Å². The zero-order valence-corrected chi connectivity index (χ0v) is 8.55. The van der Waals surface area contributed by atoms with Crippen molar-refractivity contribution in [1.29, 1.82) is 5.26 Å². The highest BCUT2D eigenvalue weighted by Crippen LogP contribution is 2.28. The van der Waals surface area contributed by atoms with Gasteiger partial charge in [0, 0.05) is 11.1 Å². The molecule has 0 saturated carbocycles. The van der Waals surface area contributed by atoms with Crippen molar-refractivity contribution in [3.8, 4) is 17.2 Å². The largest absolute Gasteiger partial charge is 0.206 e. The Morgan fingerprint density at radius 3 is 2.06 bits per heavy atom. The molecule has 17 heavy (non-hydrogen) atoms. The molecule has 0 radical (unpaired) electrons. The third kappa shape index (κ3) is 1.87. The van der Waals surface area contributed by atoms with Crippen LogP contribution in [-0.4, -0.2) is 0 Å². The summed E-state index contributed by atoms with van der Waals surface area (Å²) >= 11 is 0. The van der Waals surface area contributed by atoms with Crippen molar-refractivity contribution in [3.05, 3.63) is 59.4 Å². The second-order valence-electron chi connectivity index (χ2n) is 3.38. The van der Waals surface area contributed by atoms with Gasteiger partial charge in [-0.25, -0.2) is 13.2 Å². The first-order chi connectivity index (χ1) is 8.15. The maximum atomic E-state index is 13.5. The highest BCUT2D eigenvalue weighted by atomic mass is 19.2. The Morgan fingerprint density at radius 1 is 0.824 bits per heavy atom. The standard InChI is InChI=1S/C13H6F3N/c14-11-5-1-3-8(10(11)7-17)9-4-2-6-12(15)13(9)16/h1-6H. The van der Waals surface area contributed by atoms with E-state index in [4.69, 9.17) is 5.26 Å². The van der Waals surface area contributed by atoms with Gasteiger partial charge in [0.1, 0.15) is 11.9 Å². The van der Waals surface area contributed by atoms with E-state index in [2.05, 4.69) is 0 Å². The van der Waals surface area contributed by atoms with E-state index in [0.717, 1.165) is 12.1 Å². The molecule has 1 nitrogen and oxygen atoms in total. The first kappa shape index (κ1) is 11.2. The number of benzene rings is 2. The number of nitrogens with zero attached hydrogens (tertiary/aromatic N) is 1. The first-order valence-electron chi connectivity index (χ1n) is 4.78. The van der Waals surface area contributed by atoms with Crippen LogP contribution in [0.4, 0.5) is 13.2 Å². The number of halogens is 3. The number of nitriles is 1. The van der Waals surface area contributed by atoms with Gasteiger partial charge in [-0.1, -0.05) is 24.3 Å². The van der Waals surface area contributed by atoms with E-state index in [1.165, 1.54) is 24.3 Å². The summed E-state index contributed by atoms with van der Waals surface area (Å²) in [6.45, 7) is 0. The van der Waals surface area contributed by atoms with Crippen LogP contribution in [0.2, 0.25) is 0 Å². The Morgan fingerprint density at radius 2 is 1.41 bits per heavy atom. The van der Waals surface area contributed by atoms with Gasteiger partial charge in [0.2, 0.25) is 0 Å². The monoisotopic (exact) mass is 233 g/mol. The summed E-state index contributed by atoms with van der Waals surface area (Å²) in [5, 5.41) is 8.81. The summed E-state index contributed by atoms with van der Waals surface area (Å²) in [6, 6.07) is 9.03. The van der Waals surface area contributed by atoms with Gasteiger partial charge < -0.3 is 0 Å². The second kappa shape index (κ2) is 4.30. The van der Waals surface area contributed by atoms with E-state index >= 15 is 0 Å². The second-order valence-corrected chi connectivity index (χ2v) is 3.38. The normalized spacial score (nSPS) is 10.0. The van der Waals surface area contributed by atoms with E-state index in [9.17, 15) is 13.2 Å². The van der Waals surface area contributed by atoms with Crippen molar-refractivity contribution >= 4 is 0 Å². The SMILES string of the molecule is N#Cc1c(F)cccc1-c1cccc(F)c1F. The topological polar surface area (TPSA) is 23.8 Å². The Hall–Kier alpha value is -2.28. The fourth-order valence-electron chi connectivity index (χ4n) is 1.57. The Balaban J connectivity index is 2.74. The third-order valence-electron chi connectivity index (χ3n) is 2.37. The predicted molar refractivity (Wildman–Crippen MR) is 56.5 cm³/mol. The number of hydrogen-bond acceptors (Lipinski definition) is 1. The molecule has 0 amide bonds. The lowest BCUT2D eigenvalue weighted by Crippen LogP contribution is -1.94. The van der Waals surface area contributed by atoms with Crippen LogP contribution >= 0.6 is 0 Å². The molecule has 0 atom stereocenters. The molecule has 2 aromatic carbocycles. The molecule has 0 aliphatic heterocycles. The molecule has 0 heterocycles. The van der Waals surface area contributed by atoms with Crippen LogP contribution in [-0.2, 0) is 0 Å². The van der Waals surface area contributed by atoms with Gasteiger partial charge in [0.15, 0.2) is 11.6 Å². The van der Waals surface area contributed by atoms with Gasteiger partial charge in [-0.3, -0.25) is 0 Å². The molecule has 4 heteroatoms. The van der Waals surface area contributed by atoms with E-state index in [-0.39, 0.29) is 16.7 Å². The Bertz CT molecular complexity index is 615. The van der Waals surface area contributed by atoms with Crippen LogP contribution in [0.3, 0.4) is 0 Å².